The van der Waals surface area contributed by atoms with Crippen LogP contribution in [0.3, 0.4) is 0 Å². The van der Waals surface area contributed by atoms with Gasteiger partial charge in [0.25, 0.3) is 0 Å². The highest BCUT2D eigenvalue weighted by Crippen LogP contribution is 2.13. The summed E-state index contributed by atoms with van der Waals surface area (Å²) in [6.45, 7) is 17.1. The highest BCUT2D eigenvalue weighted by Gasteiger charge is 2.00. The van der Waals surface area contributed by atoms with Crippen LogP contribution in [0.1, 0.15) is 48.0 Å². The van der Waals surface area contributed by atoms with Crippen LogP contribution in [0.5, 0.6) is 0 Å². The molecule has 0 rings (SSSR count). The summed E-state index contributed by atoms with van der Waals surface area (Å²) in [4.78, 5) is 0. The summed E-state index contributed by atoms with van der Waals surface area (Å²) in [5.74, 6) is -0.237. The predicted octanol–water partition coefficient (Wildman–Crippen LogP) is 4.78. The molecular formula is C15H28FN. The van der Waals surface area contributed by atoms with Crippen molar-refractivity contribution in [1.29, 1.82) is 0 Å². The highest BCUT2D eigenvalue weighted by atomic mass is 19.1. The third-order valence-corrected chi connectivity index (χ3v) is 1.92. The molecule has 2 heteroatoms. The van der Waals surface area contributed by atoms with E-state index >= 15 is 0 Å². The maximum atomic E-state index is 13.3. The third kappa shape index (κ3) is 11.4. The van der Waals surface area contributed by atoms with Crippen molar-refractivity contribution >= 4 is 0 Å². The van der Waals surface area contributed by atoms with Crippen LogP contribution in [0.4, 0.5) is 4.39 Å². The topological polar surface area (TPSA) is 12.0 Å². The largest absolute Gasteiger partial charge is 0.313 e. The zero-order valence-electron chi connectivity index (χ0n) is 12.3. The van der Waals surface area contributed by atoms with Gasteiger partial charge in [-0.2, -0.15) is 0 Å². The Morgan fingerprint density at radius 3 is 1.94 bits per heavy atom. The van der Waals surface area contributed by atoms with E-state index < -0.39 is 0 Å². The first-order chi connectivity index (χ1) is 7.90. The maximum absolute atomic E-state index is 13.3. The molecule has 0 saturated carbocycles. The Hall–Kier alpha value is -0.890. The summed E-state index contributed by atoms with van der Waals surface area (Å²) in [7, 11) is 0. The molecule has 0 aromatic carbocycles. The van der Waals surface area contributed by atoms with Crippen molar-refractivity contribution < 1.29 is 4.39 Å². The summed E-state index contributed by atoms with van der Waals surface area (Å²) >= 11 is 0. The average Bonchev–Trinajstić information content (AvgIpc) is 2.24. The van der Waals surface area contributed by atoms with Crippen LogP contribution < -0.4 is 5.32 Å². The van der Waals surface area contributed by atoms with Gasteiger partial charge in [0, 0.05) is 6.54 Å². The monoisotopic (exact) mass is 241 g/mol. The van der Waals surface area contributed by atoms with Gasteiger partial charge in [0.2, 0.25) is 0 Å². The number of likely N-dealkylation sites (N-methyl/N-ethyl adjacent to an activating group) is 1. The Morgan fingerprint density at radius 2 is 1.65 bits per heavy atom. The van der Waals surface area contributed by atoms with Gasteiger partial charge in [0.1, 0.15) is 5.83 Å². The molecule has 0 unspecified atom stereocenters. The molecule has 1 nitrogen and oxygen atoms in total. The van der Waals surface area contributed by atoms with Crippen LogP contribution in [0.15, 0.2) is 35.2 Å². The lowest BCUT2D eigenvalue weighted by Gasteiger charge is -2.06. The van der Waals surface area contributed by atoms with E-state index in [9.17, 15) is 4.39 Å². The van der Waals surface area contributed by atoms with E-state index in [0.29, 0.717) is 12.1 Å². The molecule has 100 valence electrons. The molecule has 1 N–H and O–H groups in total. The lowest BCUT2D eigenvalue weighted by atomic mass is 10.1. The Kier molecular flexibility index (Phi) is 12.6. The highest BCUT2D eigenvalue weighted by molar-refractivity contribution is 5.33. The fourth-order valence-corrected chi connectivity index (χ4v) is 0.908. The predicted molar refractivity (Wildman–Crippen MR) is 76.9 cm³/mol. The fraction of sp³-hybridized carbons (Fsp3) is 0.600. The molecule has 0 atom stereocenters. The summed E-state index contributed by atoms with van der Waals surface area (Å²) in [5.41, 5.74) is 2.59. The SMILES string of the molecule is C=C(C)/C(F)=C\C(CNCC)=C(C)C.CCC. The Balaban J connectivity index is 0. The van der Waals surface area contributed by atoms with Crippen LogP contribution in [0.2, 0.25) is 0 Å². The second kappa shape index (κ2) is 11.6. The minimum absolute atomic E-state index is 0.237. The van der Waals surface area contributed by atoms with E-state index in [1.165, 1.54) is 6.42 Å². The second-order valence-corrected chi connectivity index (χ2v) is 4.29. The van der Waals surface area contributed by atoms with Gasteiger partial charge in [-0.3, -0.25) is 0 Å². The summed E-state index contributed by atoms with van der Waals surface area (Å²) in [6.07, 6.45) is 2.81. The van der Waals surface area contributed by atoms with Gasteiger partial charge in [0.15, 0.2) is 0 Å². The molecule has 0 spiro atoms. The van der Waals surface area contributed by atoms with E-state index in [2.05, 4.69) is 25.7 Å². The van der Waals surface area contributed by atoms with Crippen molar-refractivity contribution in [1.82, 2.24) is 5.32 Å². The first kappa shape index (κ1) is 18.5. The number of halogens is 1. The van der Waals surface area contributed by atoms with Gasteiger partial charge in [-0.25, -0.2) is 4.39 Å². The number of hydrogen-bond donors (Lipinski definition) is 1. The van der Waals surface area contributed by atoms with Crippen molar-refractivity contribution in [2.24, 2.45) is 0 Å². The number of hydrogen-bond acceptors (Lipinski definition) is 1. The van der Waals surface area contributed by atoms with E-state index in [4.69, 9.17) is 0 Å². The van der Waals surface area contributed by atoms with Crippen LogP contribution in [-0.2, 0) is 0 Å². The van der Waals surface area contributed by atoms with Gasteiger partial charge in [-0.05, 0) is 44.5 Å². The zero-order valence-corrected chi connectivity index (χ0v) is 12.3. The minimum atomic E-state index is -0.237. The molecule has 0 aliphatic rings. The summed E-state index contributed by atoms with van der Waals surface area (Å²) in [6, 6.07) is 0. The van der Waals surface area contributed by atoms with E-state index in [0.717, 1.165) is 17.7 Å². The van der Waals surface area contributed by atoms with Crippen molar-refractivity contribution in [3.05, 3.63) is 35.2 Å². The molecular weight excluding hydrogens is 213 g/mol. The van der Waals surface area contributed by atoms with E-state index in [-0.39, 0.29) is 5.83 Å². The maximum Gasteiger partial charge on any atom is 0.125 e. The first-order valence-electron chi connectivity index (χ1n) is 6.30. The van der Waals surface area contributed by atoms with Crippen molar-refractivity contribution in [3.63, 3.8) is 0 Å². The van der Waals surface area contributed by atoms with Gasteiger partial charge >= 0.3 is 0 Å². The van der Waals surface area contributed by atoms with Crippen molar-refractivity contribution in [2.75, 3.05) is 13.1 Å². The third-order valence-electron chi connectivity index (χ3n) is 1.92. The van der Waals surface area contributed by atoms with Gasteiger partial charge in [-0.1, -0.05) is 39.3 Å². The smallest absolute Gasteiger partial charge is 0.125 e. The molecule has 0 radical (unpaired) electrons. The molecule has 17 heavy (non-hydrogen) atoms. The quantitative estimate of drug-likeness (QED) is 0.683. The standard InChI is InChI=1S/C12H20FN.C3H8/c1-6-14-8-11(9(2)3)7-12(13)10(4)5;1-3-2/h7,14H,4,6,8H2,1-3,5H3;3H2,1-2H3/b12-7+;. The van der Waals surface area contributed by atoms with Crippen LogP contribution in [-0.4, -0.2) is 13.1 Å². The number of nitrogens with one attached hydrogen (secondary N) is 1. The molecule has 0 amide bonds. The molecule has 0 aromatic heterocycles. The molecule has 0 heterocycles. The van der Waals surface area contributed by atoms with Gasteiger partial charge in [0.05, 0.1) is 0 Å². The van der Waals surface area contributed by atoms with Crippen molar-refractivity contribution in [2.45, 2.75) is 48.0 Å². The van der Waals surface area contributed by atoms with Crippen molar-refractivity contribution in [3.8, 4) is 0 Å². The molecule has 0 fully saturated rings. The molecule has 0 saturated heterocycles. The molecule has 0 aromatic rings. The second-order valence-electron chi connectivity index (χ2n) is 4.29. The Morgan fingerprint density at radius 1 is 1.18 bits per heavy atom. The number of allylic oxidation sites excluding steroid dienone is 3. The Bertz CT molecular complexity index is 271. The molecule has 0 aliphatic carbocycles. The lowest BCUT2D eigenvalue weighted by Crippen LogP contribution is -2.16. The van der Waals surface area contributed by atoms with Crippen LogP contribution >= 0.6 is 0 Å². The number of rotatable bonds is 5. The fourth-order valence-electron chi connectivity index (χ4n) is 0.908. The Labute approximate surface area is 107 Å². The molecule has 0 aliphatic heterocycles. The summed E-state index contributed by atoms with van der Waals surface area (Å²) < 4.78 is 13.3. The lowest BCUT2D eigenvalue weighted by molar-refractivity contribution is 0.649. The zero-order chi connectivity index (χ0) is 13.8. The molecule has 0 bridgehead atoms. The van der Waals surface area contributed by atoms with Gasteiger partial charge < -0.3 is 5.32 Å². The summed E-state index contributed by atoms with van der Waals surface area (Å²) in [5, 5.41) is 3.18. The van der Waals surface area contributed by atoms with Gasteiger partial charge in [-0.15, -0.1) is 0 Å². The van der Waals surface area contributed by atoms with Crippen LogP contribution in [0, 0.1) is 0 Å². The van der Waals surface area contributed by atoms with Crippen LogP contribution in [0.25, 0.3) is 0 Å². The average molecular weight is 241 g/mol. The normalized spacial score (nSPS) is 10.4. The minimum Gasteiger partial charge on any atom is -0.313 e. The van der Waals surface area contributed by atoms with E-state index in [1.54, 1.807) is 13.0 Å². The van der Waals surface area contributed by atoms with E-state index in [1.807, 2.05) is 20.8 Å². The first-order valence-corrected chi connectivity index (χ1v) is 6.30.